The molecule has 0 aromatic heterocycles. The summed E-state index contributed by atoms with van der Waals surface area (Å²) in [4.78, 5) is 33.5. The number of ether oxygens (including phenoxy) is 2. The maximum atomic E-state index is 11.9. The number of methoxy groups -OCH3 is 1. The number of alkyl carbamates (subject to hydrolysis) is 1. The third-order valence-corrected chi connectivity index (χ3v) is 3.08. The SMILES string of the molecule is COc1ccc(C(=O)NC(=O)OCc2ccc([N+](=O)[O-])cc2)cc1. The van der Waals surface area contributed by atoms with Gasteiger partial charge in [0.2, 0.25) is 0 Å². The fourth-order valence-electron chi connectivity index (χ4n) is 1.81. The number of nitro groups is 1. The molecule has 0 heterocycles. The highest BCUT2D eigenvalue weighted by Gasteiger charge is 2.12. The number of carbonyl (C=O) groups is 2. The van der Waals surface area contributed by atoms with Crippen LogP contribution in [0.25, 0.3) is 0 Å². The molecular formula is C16H14N2O6. The number of imide groups is 1. The minimum Gasteiger partial charge on any atom is -0.497 e. The lowest BCUT2D eigenvalue weighted by Gasteiger charge is -2.07. The third kappa shape index (κ3) is 4.54. The Morgan fingerprint density at radius 3 is 2.25 bits per heavy atom. The molecule has 0 unspecified atom stereocenters. The summed E-state index contributed by atoms with van der Waals surface area (Å²) in [6.45, 7) is -0.111. The van der Waals surface area contributed by atoms with Gasteiger partial charge in [0.05, 0.1) is 12.0 Å². The first-order valence-electron chi connectivity index (χ1n) is 6.85. The molecule has 0 atom stereocenters. The Morgan fingerprint density at radius 1 is 1.08 bits per heavy atom. The van der Waals surface area contributed by atoms with Gasteiger partial charge in [-0.3, -0.25) is 20.2 Å². The number of carbonyl (C=O) groups excluding carboxylic acids is 2. The molecule has 2 aromatic rings. The Bertz CT molecular complexity index is 740. The summed E-state index contributed by atoms with van der Waals surface area (Å²) < 4.78 is 9.88. The van der Waals surface area contributed by atoms with Crippen molar-refractivity contribution in [2.45, 2.75) is 6.61 Å². The molecule has 0 aliphatic rings. The topological polar surface area (TPSA) is 108 Å². The first-order chi connectivity index (χ1) is 11.5. The van der Waals surface area contributed by atoms with Crippen molar-refractivity contribution in [2.75, 3.05) is 7.11 Å². The van der Waals surface area contributed by atoms with Gasteiger partial charge in [-0.15, -0.1) is 0 Å². The van der Waals surface area contributed by atoms with Crippen molar-refractivity contribution in [3.05, 3.63) is 69.8 Å². The largest absolute Gasteiger partial charge is 0.497 e. The van der Waals surface area contributed by atoms with Gasteiger partial charge in [-0.05, 0) is 42.0 Å². The minimum absolute atomic E-state index is 0.0575. The molecule has 8 heteroatoms. The van der Waals surface area contributed by atoms with E-state index in [9.17, 15) is 19.7 Å². The predicted molar refractivity (Wildman–Crippen MR) is 83.7 cm³/mol. The smallest absolute Gasteiger partial charge is 0.414 e. The van der Waals surface area contributed by atoms with Gasteiger partial charge in [-0.2, -0.15) is 0 Å². The third-order valence-electron chi connectivity index (χ3n) is 3.08. The summed E-state index contributed by atoms with van der Waals surface area (Å²) >= 11 is 0. The summed E-state index contributed by atoms with van der Waals surface area (Å²) in [6, 6.07) is 11.8. The van der Waals surface area contributed by atoms with Gasteiger partial charge in [-0.1, -0.05) is 0 Å². The van der Waals surface area contributed by atoms with Crippen molar-refractivity contribution in [3.8, 4) is 5.75 Å². The van der Waals surface area contributed by atoms with Crippen molar-refractivity contribution in [1.82, 2.24) is 5.32 Å². The monoisotopic (exact) mass is 330 g/mol. The summed E-state index contributed by atoms with van der Waals surface area (Å²) in [5.41, 5.74) is 0.786. The van der Waals surface area contributed by atoms with Crippen LogP contribution in [0.4, 0.5) is 10.5 Å². The number of nitrogens with one attached hydrogen (secondary N) is 1. The molecule has 0 aliphatic carbocycles. The van der Waals surface area contributed by atoms with Crippen molar-refractivity contribution in [2.24, 2.45) is 0 Å². The first kappa shape index (κ1) is 16.9. The van der Waals surface area contributed by atoms with Crippen molar-refractivity contribution >= 4 is 17.7 Å². The zero-order valence-electron chi connectivity index (χ0n) is 12.7. The Labute approximate surface area is 137 Å². The van der Waals surface area contributed by atoms with Gasteiger partial charge in [0.25, 0.3) is 11.6 Å². The minimum atomic E-state index is -0.908. The van der Waals surface area contributed by atoms with Gasteiger partial charge < -0.3 is 9.47 Å². The highest BCUT2D eigenvalue weighted by atomic mass is 16.6. The van der Waals surface area contributed by atoms with Crippen molar-refractivity contribution < 1.29 is 24.0 Å². The predicted octanol–water partition coefficient (Wildman–Crippen LogP) is 2.67. The normalized spacial score (nSPS) is 9.88. The van der Waals surface area contributed by atoms with Crippen LogP contribution < -0.4 is 10.1 Å². The summed E-state index contributed by atoms with van der Waals surface area (Å²) in [6.07, 6.45) is -0.908. The lowest BCUT2D eigenvalue weighted by atomic mass is 10.2. The Hall–Kier alpha value is -3.42. The standard InChI is InChI=1S/C16H14N2O6/c1-23-14-8-4-12(5-9-14)15(19)17-16(20)24-10-11-2-6-13(7-3-11)18(21)22/h2-9H,10H2,1H3,(H,17,19,20). The number of non-ortho nitro benzene ring substituents is 1. The number of hydrogen-bond donors (Lipinski definition) is 1. The molecule has 0 spiro atoms. The Morgan fingerprint density at radius 2 is 1.71 bits per heavy atom. The van der Waals surface area contributed by atoms with Gasteiger partial charge >= 0.3 is 6.09 Å². The van der Waals surface area contributed by atoms with E-state index in [-0.39, 0.29) is 17.9 Å². The molecule has 24 heavy (non-hydrogen) atoms. The molecule has 2 rings (SSSR count). The molecule has 0 fully saturated rings. The Kier molecular flexibility index (Phi) is 5.45. The second-order valence-electron chi connectivity index (χ2n) is 4.68. The molecule has 0 radical (unpaired) electrons. The lowest BCUT2D eigenvalue weighted by Crippen LogP contribution is -2.30. The molecule has 0 bridgehead atoms. The fourth-order valence-corrected chi connectivity index (χ4v) is 1.81. The van der Waals surface area contributed by atoms with Crippen LogP contribution in [0.5, 0.6) is 5.75 Å². The maximum Gasteiger partial charge on any atom is 0.414 e. The number of nitro benzene ring substituents is 1. The second kappa shape index (κ2) is 7.73. The van der Waals surface area contributed by atoms with Crippen molar-refractivity contribution in [3.63, 3.8) is 0 Å². The molecule has 0 aliphatic heterocycles. The molecule has 1 N–H and O–H groups in total. The quantitative estimate of drug-likeness (QED) is 0.667. The summed E-state index contributed by atoms with van der Waals surface area (Å²) in [5, 5.41) is 12.6. The van der Waals surface area contributed by atoms with Gasteiger partial charge in [0, 0.05) is 17.7 Å². The molecule has 8 nitrogen and oxygen atoms in total. The molecule has 124 valence electrons. The van der Waals surface area contributed by atoms with Crippen LogP contribution in [-0.4, -0.2) is 24.0 Å². The zero-order chi connectivity index (χ0) is 17.5. The number of rotatable bonds is 5. The fraction of sp³-hybridized carbons (Fsp3) is 0.125. The average molecular weight is 330 g/mol. The number of benzene rings is 2. The summed E-state index contributed by atoms with van der Waals surface area (Å²) in [5.74, 6) is -0.0151. The van der Waals surface area contributed by atoms with E-state index in [4.69, 9.17) is 9.47 Å². The van der Waals surface area contributed by atoms with E-state index < -0.39 is 16.9 Å². The highest BCUT2D eigenvalue weighted by Crippen LogP contribution is 2.13. The second-order valence-corrected chi connectivity index (χ2v) is 4.68. The van der Waals surface area contributed by atoms with E-state index in [0.29, 0.717) is 11.3 Å². The van der Waals surface area contributed by atoms with Gasteiger partial charge in [-0.25, -0.2) is 4.79 Å². The van der Waals surface area contributed by atoms with Gasteiger partial charge in [0.15, 0.2) is 0 Å². The van der Waals surface area contributed by atoms with Crippen molar-refractivity contribution in [1.29, 1.82) is 0 Å². The number of hydrogen-bond acceptors (Lipinski definition) is 6. The average Bonchev–Trinajstić information content (AvgIpc) is 2.60. The van der Waals surface area contributed by atoms with Crippen LogP contribution in [0.3, 0.4) is 0 Å². The molecule has 0 saturated heterocycles. The van der Waals surface area contributed by atoms with Crippen LogP contribution in [0.15, 0.2) is 48.5 Å². The zero-order valence-corrected chi connectivity index (χ0v) is 12.7. The van der Waals surface area contributed by atoms with Gasteiger partial charge in [0.1, 0.15) is 12.4 Å². The van der Waals surface area contributed by atoms with E-state index in [1.807, 2.05) is 0 Å². The highest BCUT2D eigenvalue weighted by molar-refractivity contribution is 6.02. The molecule has 0 saturated carbocycles. The molecule has 2 aromatic carbocycles. The summed E-state index contributed by atoms with van der Waals surface area (Å²) in [7, 11) is 1.50. The lowest BCUT2D eigenvalue weighted by molar-refractivity contribution is -0.384. The van der Waals surface area contributed by atoms with E-state index in [1.54, 1.807) is 12.1 Å². The van der Waals surface area contributed by atoms with E-state index in [1.165, 1.54) is 43.5 Å². The maximum absolute atomic E-state index is 11.9. The van der Waals surface area contributed by atoms with Crippen LogP contribution in [-0.2, 0) is 11.3 Å². The molecule has 2 amide bonds. The van der Waals surface area contributed by atoms with E-state index in [2.05, 4.69) is 5.32 Å². The van der Waals surface area contributed by atoms with Crippen LogP contribution in [0, 0.1) is 10.1 Å². The number of amides is 2. The van der Waals surface area contributed by atoms with E-state index >= 15 is 0 Å². The molecular weight excluding hydrogens is 316 g/mol. The Balaban J connectivity index is 1.85. The van der Waals surface area contributed by atoms with E-state index in [0.717, 1.165) is 0 Å². The van der Waals surface area contributed by atoms with Crippen LogP contribution >= 0.6 is 0 Å². The van der Waals surface area contributed by atoms with Crippen LogP contribution in [0.2, 0.25) is 0 Å². The first-order valence-corrected chi connectivity index (χ1v) is 6.85. The number of nitrogens with zero attached hydrogens (tertiary/aromatic N) is 1. The van der Waals surface area contributed by atoms with Crippen LogP contribution in [0.1, 0.15) is 15.9 Å².